The highest BCUT2D eigenvalue weighted by molar-refractivity contribution is 5.80. The fraction of sp³-hybridized carbons (Fsp3) is 0.133. The van der Waals surface area contributed by atoms with Crippen LogP contribution >= 0.6 is 0 Å². The molecular weight excluding hydrogens is 257 g/mol. The van der Waals surface area contributed by atoms with Gasteiger partial charge in [0.2, 0.25) is 5.95 Å². The van der Waals surface area contributed by atoms with E-state index in [1.54, 1.807) is 10.6 Å². The standard InChI is InChI=1S/C15H14FN3O/c1-2-20-12-6-4-11(5-7-12)19-14-9-10(16)3-8-13(14)18-15(19)17/h3-9H,2H2,1H3,(H2,17,18). The summed E-state index contributed by atoms with van der Waals surface area (Å²) in [5.41, 5.74) is 8.06. The molecule has 0 atom stereocenters. The quantitative estimate of drug-likeness (QED) is 0.796. The van der Waals surface area contributed by atoms with Crippen molar-refractivity contribution >= 4 is 17.0 Å². The van der Waals surface area contributed by atoms with Gasteiger partial charge in [0.25, 0.3) is 0 Å². The lowest BCUT2D eigenvalue weighted by molar-refractivity contribution is 0.340. The van der Waals surface area contributed by atoms with Crippen molar-refractivity contribution in [1.82, 2.24) is 9.55 Å². The van der Waals surface area contributed by atoms with E-state index in [9.17, 15) is 4.39 Å². The second kappa shape index (κ2) is 4.85. The van der Waals surface area contributed by atoms with Crippen molar-refractivity contribution in [3.8, 4) is 11.4 Å². The molecule has 1 aromatic heterocycles. The molecule has 1 heterocycles. The van der Waals surface area contributed by atoms with Gasteiger partial charge in [0, 0.05) is 11.8 Å². The van der Waals surface area contributed by atoms with Gasteiger partial charge in [-0.2, -0.15) is 0 Å². The van der Waals surface area contributed by atoms with E-state index in [-0.39, 0.29) is 5.82 Å². The van der Waals surface area contributed by atoms with Gasteiger partial charge >= 0.3 is 0 Å². The Morgan fingerprint density at radius 3 is 2.65 bits per heavy atom. The molecule has 5 heteroatoms. The van der Waals surface area contributed by atoms with Gasteiger partial charge < -0.3 is 10.5 Å². The molecule has 0 radical (unpaired) electrons. The fourth-order valence-corrected chi connectivity index (χ4v) is 2.20. The van der Waals surface area contributed by atoms with Crippen molar-refractivity contribution in [3.63, 3.8) is 0 Å². The number of benzene rings is 2. The third-order valence-corrected chi connectivity index (χ3v) is 3.05. The van der Waals surface area contributed by atoms with Gasteiger partial charge in [0.1, 0.15) is 11.6 Å². The Bertz CT molecular complexity index is 750. The van der Waals surface area contributed by atoms with Crippen molar-refractivity contribution in [1.29, 1.82) is 0 Å². The molecular formula is C15H14FN3O. The second-order valence-electron chi connectivity index (χ2n) is 4.37. The minimum Gasteiger partial charge on any atom is -0.494 e. The van der Waals surface area contributed by atoms with Crippen molar-refractivity contribution in [2.24, 2.45) is 0 Å². The van der Waals surface area contributed by atoms with E-state index in [2.05, 4.69) is 4.98 Å². The summed E-state index contributed by atoms with van der Waals surface area (Å²) in [6.07, 6.45) is 0. The SMILES string of the molecule is CCOc1ccc(-n2c(N)nc3ccc(F)cc32)cc1. The molecule has 102 valence electrons. The van der Waals surface area contributed by atoms with Crippen molar-refractivity contribution in [2.45, 2.75) is 6.92 Å². The van der Waals surface area contributed by atoms with Crippen LogP contribution in [0, 0.1) is 5.82 Å². The number of halogens is 1. The fourth-order valence-electron chi connectivity index (χ4n) is 2.20. The number of fused-ring (bicyclic) bond motifs is 1. The molecule has 0 aliphatic rings. The molecule has 0 bridgehead atoms. The number of nitrogens with two attached hydrogens (primary N) is 1. The lowest BCUT2D eigenvalue weighted by Crippen LogP contribution is -2.01. The van der Waals surface area contributed by atoms with Crippen molar-refractivity contribution in [3.05, 3.63) is 48.3 Å². The molecule has 3 aromatic rings. The van der Waals surface area contributed by atoms with Crippen LogP contribution in [0.25, 0.3) is 16.7 Å². The van der Waals surface area contributed by atoms with Crippen LogP contribution in [0.5, 0.6) is 5.75 Å². The molecule has 0 aliphatic heterocycles. The van der Waals surface area contributed by atoms with E-state index in [1.807, 2.05) is 31.2 Å². The Kier molecular flexibility index (Phi) is 3.02. The number of nitrogen functional groups attached to an aromatic ring is 1. The highest BCUT2D eigenvalue weighted by Crippen LogP contribution is 2.25. The molecule has 0 saturated heterocycles. The molecule has 3 rings (SSSR count). The third-order valence-electron chi connectivity index (χ3n) is 3.05. The van der Waals surface area contributed by atoms with E-state index < -0.39 is 0 Å². The molecule has 2 aromatic carbocycles. The van der Waals surface area contributed by atoms with Crippen LogP contribution in [-0.4, -0.2) is 16.2 Å². The molecule has 0 amide bonds. The Balaban J connectivity index is 2.13. The predicted molar refractivity (Wildman–Crippen MR) is 76.6 cm³/mol. The molecule has 0 saturated carbocycles. The summed E-state index contributed by atoms with van der Waals surface area (Å²) in [7, 11) is 0. The van der Waals surface area contributed by atoms with Crippen LogP contribution in [0.15, 0.2) is 42.5 Å². The van der Waals surface area contributed by atoms with E-state index in [0.717, 1.165) is 11.4 Å². The Morgan fingerprint density at radius 2 is 1.95 bits per heavy atom. The monoisotopic (exact) mass is 271 g/mol. The number of aromatic nitrogens is 2. The number of hydrogen-bond acceptors (Lipinski definition) is 3. The van der Waals surface area contributed by atoms with Crippen LogP contribution in [0.3, 0.4) is 0 Å². The summed E-state index contributed by atoms with van der Waals surface area (Å²) < 4.78 is 20.5. The van der Waals surface area contributed by atoms with Gasteiger partial charge in [0.05, 0.1) is 17.6 Å². The average Bonchev–Trinajstić information content (AvgIpc) is 2.76. The topological polar surface area (TPSA) is 53.1 Å². The van der Waals surface area contributed by atoms with Gasteiger partial charge in [0.15, 0.2) is 0 Å². The number of nitrogens with zero attached hydrogens (tertiary/aromatic N) is 2. The van der Waals surface area contributed by atoms with Crippen LogP contribution < -0.4 is 10.5 Å². The Hall–Kier alpha value is -2.56. The first-order valence-electron chi connectivity index (χ1n) is 6.35. The van der Waals surface area contributed by atoms with Gasteiger partial charge in [-0.1, -0.05) is 0 Å². The summed E-state index contributed by atoms with van der Waals surface area (Å²) in [6, 6.07) is 11.9. The Labute approximate surface area is 115 Å². The molecule has 0 fully saturated rings. The maximum Gasteiger partial charge on any atom is 0.205 e. The zero-order valence-corrected chi connectivity index (χ0v) is 11.0. The lowest BCUT2D eigenvalue weighted by Gasteiger charge is -2.08. The van der Waals surface area contributed by atoms with E-state index in [0.29, 0.717) is 23.6 Å². The first-order chi connectivity index (χ1) is 9.69. The van der Waals surface area contributed by atoms with Crippen LogP contribution in [0.4, 0.5) is 10.3 Å². The molecule has 0 spiro atoms. The van der Waals surface area contributed by atoms with Gasteiger partial charge in [-0.25, -0.2) is 9.37 Å². The lowest BCUT2D eigenvalue weighted by atomic mass is 10.2. The minimum absolute atomic E-state index is 0.315. The Morgan fingerprint density at radius 1 is 1.20 bits per heavy atom. The van der Waals surface area contributed by atoms with Crippen molar-refractivity contribution < 1.29 is 9.13 Å². The smallest absolute Gasteiger partial charge is 0.205 e. The highest BCUT2D eigenvalue weighted by atomic mass is 19.1. The largest absolute Gasteiger partial charge is 0.494 e. The summed E-state index contributed by atoms with van der Waals surface area (Å²) in [5.74, 6) is 0.796. The molecule has 4 nitrogen and oxygen atoms in total. The summed E-state index contributed by atoms with van der Waals surface area (Å²) in [4.78, 5) is 4.23. The minimum atomic E-state index is -0.315. The molecule has 2 N–H and O–H groups in total. The number of rotatable bonds is 3. The average molecular weight is 271 g/mol. The zero-order valence-electron chi connectivity index (χ0n) is 11.0. The van der Waals surface area contributed by atoms with Gasteiger partial charge in [-0.15, -0.1) is 0 Å². The van der Waals surface area contributed by atoms with Gasteiger partial charge in [-0.3, -0.25) is 4.57 Å². The predicted octanol–water partition coefficient (Wildman–Crippen LogP) is 3.15. The van der Waals surface area contributed by atoms with Crippen molar-refractivity contribution in [2.75, 3.05) is 12.3 Å². The van der Waals surface area contributed by atoms with E-state index in [4.69, 9.17) is 10.5 Å². The normalized spacial score (nSPS) is 10.9. The summed E-state index contributed by atoms with van der Waals surface area (Å²) in [6.45, 7) is 2.54. The zero-order chi connectivity index (χ0) is 14.1. The van der Waals surface area contributed by atoms with E-state index in [1.165, 1.54) is 12.1 Å². The summed E-state index contributed by atoms with van der Waals surface area (Å²) in [5, 5.41) is 0. The van der Waals surface area contributed by atoms with Crippen LogP contribution in [0.1, 0.15) is 6.92 Å². The first-order valence-corrected chi connectivity index (χ1v) is 6.35. The first kappa shape index (κ1) is 12.5. The maximum atomic E-state index is 13.4. The van der Waals surface area contributed by atoms with E-state index >= 15 is 0 Å². The highest BCUT2D eigenvalue weighted by Gasteiger charge is 2.10. The number of imidazole rings is 1. The van der Waals surface area contributed by atoms with Gasteiger partial charge in [-0.05, 0) is 43.3 Å². The number of anilines is 1. The van der Waals surface area contributed by atoms with Crippen LogP contribution in [-0.2, 0) is 0 Å². The summed E-state index contributed by atoms with van der Waals surface area (Å²) >= 11 is 0. The number of hydrogen-bond donors (Lipinski definition) is 1. The maximum absolute atomic E-state index is 13.4. The van der Waals surface area contributed by atoms with Crippen LogP contribution in [0.2, 0.25) is 0 Å². The second-order valence-corrected chi connectivity index (χ2v) is 4.37. The molecule has 0 unspecified atom stereocenters. The third kappa shape index (κ3) is 2.07. The number of ether oxygens (including phenoxy) is 1. The molecule has 20 heavy (non-hydrogen) atoms. The molecule has 0 aliphatic carbocycles.